The molecule has 0 aliphatic rings. The van der Waals surface area contributed by atoms with Crippen LogP contribution in [-0.2, 0) is 0 Å². The Morgan fingerprint density at radius 1 is 1.31 bits per heavy atom. The van der Waals surface area contributed by atoms with Crippen molar-refractivity contribution in [3.8, 4) is 6.07 Å². The lowest BCUT2D eigenvalue weighted by atomic mass is 9.99. The standard InChI is InChI=1S/C15H19N/c1-2-3-8-15(13-16)12-7-11-14-9-5-4-6-10-14/h4-7,9-11,15H,2-3,8,12H2,1H3/b11-7+. The van der Waals surface area contributed by atoms with E-state index >= 15 is 0 Å². The number of rotatable bonds is 6. The molecular formula is C15H19N. The third-order valence-electron chi connectivity index (χ3n) is 2.62. The van der Waals surface area contributed by atoms with E-state index in [1.165, 1.54) is 12.0 Å². The zero-order valence-electron chi connectivity index (χ0n) is 9.89. The van der Waals surface area contributed by atoms with Gasteiger partial charge < -0.3 is 0 Å². The van der Waals surface area contributed by atoms with Gasteiger partial charge in [0.15, 0.2) is 0 Å². The Morgan fingerprint density at radius 2 is 2.06 bits per heavy atom. The quantitative estimate of drug-likeness (QED) is 0.686. The van der Waals surface area contributed by atoms with E-state index in [0.717, 1.165) is 19.3 Å². The van der Waals surface area contributed by atoms with Crippen LogP contribution < -0.4 is 0 Å². The molecule has 1 aromatic carbocycles. The lowest BCUT2D eigenvalue weighted by Crippen LogP contribution is -1.94. The predicted molar refractivity (Wildman–Crippen MR) is 68.7 cm³/mol. The third kappa shape index (κ3) is 4.79. The highest BCUT2D eigenvalue weighted by Crippen LogP contribution is 2.13. The number of allylic oxidation sites excluding steroid dienone is 1. The molecule has 0 fully saturated rings. The first-order chi connectivity index (χ1) is 7.86. The molecule has 16 heavy (non-hydrogen) atoms. The third-order valence-corrected chi connectivity index (χ3v) is 2.62. The van der Waals surface area contributed by atoms with Gasteiger partial charge in [-0.15, -0.1) is 0 Å². The molecule has 0 aromatic heterocycles. The van der Waals surface area contributed by atoms with Crippen LogP contribution in [0.25, 0.3) is 6.08 Å². The molecule has 0 spiro atoms. The molecule has 0 bridgehead atoms. The number of unbranched alkanes of at least 4 members (excludes halogenated alkanes) is 1. The van der Waals surface area contributed by atoms with E-state index in [2.05, 4.69) is 37.3 Å². The average Bonchev–Trinajstić information content (AvgIpc) is 2.35. The molecule has 0 N–H and O–H groups in total. The van der Waals surface area contributed by atoms with Crippen LogP contribution in [0.5, 0.6) is 0 Å². The van der Waals surface area contributed by atoms with Crippen molar-refractivity contribution >= 4 is 6.08 Å². The maximum Gasteiger partial charge on any atom is 0.0659 e. The fraction of sp³-hybridized carbons (Fsp3) is 0.400. The van der Waals surface area contributed by atoms with Crippen molar-refractivity contribution in [1.29, 1.82) is 5.26 Å². The first-order valence-corrected chi connectivity index (χ1v) is 5.98. The Morgan fingerprint density at radius 3 is 2.69 bits per heavy atom. The van der Waals surface area contributed by atoms with E-state index in [4.69, 9.17) is 5.26 Å². The summed E-state index contributed by atoms with van der Waals surface area (Å²) in [6.45, 7) is 2.16. The van der Waals surface area contributed by atoms with Gasteiger partial charge in [-0.05, 0) is 18.4 Å². The van der Waals surface area contributed by atoms with Crippen LogP contribution in [0.1, 0.15) is 38.2 Å². The van der Waals surface area contributed by atoms with Gasteiger partial charge in [0.1, 0.15) is 0 Å². The summed E-state index contributed by atoms with van der Waals surface area (Å²) in [5.41, 5.74) is 1.20. The average molecular weight is 213 g/mol. The van der Waals surface area contributed by atoms with Crippen LogP contribution in [-0.4, -0.2) is 0 Å². The molecule has 0 aliphatic heterocycles. The summed E-state index contributed by atoms with van der Waals surface area (Å²) < 4.78 is 0. The number of nitrogens with zero attached hydrogens (tertiary/aromatic N) is 1. The first-order valence-electron chi connectivity index (χ1n) is 5.98. The number of hydrogen-bond donors (Lipinski definition) is 0. The molecule has 0 saturated carbocycles. The second-order valence-corrected chi connectivity index (χ2v) is 4.02. The van der Waals surface area contributed by atoms with Gasteiger partial charge in [0.05, 0.1) is 6.07 Å². The minimum absolute atomic E-state index is 0.180. The molecular weight excluding hydrogens is 194 g/mol. The van der Waals surface area contributed by atoms with Crippen LogP contribution in [0.2, 0.25) is 0 Å². The zero-order chi connectivity index (χ0) is 11.6. The van der Waals surface area contributed by atoms with Gasteiger partial charge in [-0.1, -0.05) is 62.2 Å². The van der Waals surface area contributed by atoms with Gasteiger partial charge in [-0.2, -0.15) is 5.26 Å². The molecule has 1 nitrogen and oxygen atoms in total. The van der Waals surface area contributed by atoms with Crippen LogP contribution >= 0.6 is 0 Å². The highest BCUT2D eigenvalue weighted by molar-refractivity contribution is 5.48. The molecule has 84 valence electrons. The summed E-state index contributed by atoms with van der Waals surface area (Å²) in [5, 5.41) is 8.97. The fourth-order valence-electron chi connectivity index (χ4n) is 1.62. The topological polar surface area (TPSA) is 23.8 Å². The molecule has 1 heteroatoms. The molecule has 1 unspecified atom stereocenters. The minimum Gasteiger partial charge on any atom is -0.198 e. The molecule has 1 aromatic rings. The summed E-state index contributed by atoms with van der Waals surface area (Å²) in [5.74, 6) is 0.180. The largest absolute Gasteiger partial charge is 0.198 e. The Labute approximate surface area is 98.4 Å². The van der Waals surface area contributed by atoms with E-state index in [1.807, 2.05) is 18.2 Å². The van der Waals surface area contributed by atoms with Crippen LogP contribution in [0.15, 0.2) is 36.4 Å². The summed E-state index contributed by atoms with van der Waals surface area (Å²) in [6.07, 6.45) is 8.41. The zero-order valence-corrected chi connectivity index (χ0v) is 9.89. The van der Waals surface area contributed by atoms with E-state index in [1.54, 1.807) is 0 Å². The fourth-order valence-corrected chi connectivity index (χ4v) is 1.62. The van der Waals surface area contributed by atoms with Crippen molar-refractivity contribution in [2.45, 2.75) is 32.6 Å². The van der Waals surface area contributed by atoms with Gasteiger partial charge in [0.25, 0.3) is 0 Å². The summed E-state index contributed by atoms with van der Waals surface area (Å²) in [6, 6.07) is 12.6. The lowest BCUT2D eigenvalue weighted by molar-refractivity contribution is 0.572. The Kier molecular flexibility index (Phi) is 6.03. The second kappa shape index (κ2) is 7.70. The molecule has 1 atom stereocenters. The SMILES string of the molecule is CCCCC(C#N)C/C=C/c1ccccc1. The summed E-state index contributed by atoms with van der Waals surface area (Å²) in [4.78, 5) is 0. The van der Waals surface area contributed by atoms with Crippen molar-refractivity contribution in [1.82, 2.24) is 0 Å². The van der Waals surface area contributed by atoms with Crippen LogP contribution in [0, 0.1) is 17.2 Å². The van der Waals surface area contributed by atoms with E-state index in [0.29, 0.717) is 0 Å². The van der Waals surface area contributed by atoms with Gasteiger partial charge in [0, 0.05) is 5.92 Å². The van der Waals surface area contributed by atoms with Gasteiger partial charge >= 0.3 is 0 Å². The first kappa shape index (κ1) is 12.5. The van der Waals surface area contributed by atoms with E-state index in [-0.39, 0.29) is 5.92 Å². The second-order valence-electron chi connectivity index (χ2n) is 4.02. The number of hydrogen-bond acceptors (Lipinski definition) is 1. The van der Waals surface area contributed by atoms with Crippen molar-refractivity contribution < 1.29 is 0 Å². The monoisotopic (exact) mass is 213 g/mol. The molecule has 0 aliphatic carbocycles. The molecule has 0 amide bonds. The molecule has 0 heterocycles. The summed E-state index contributed by atoms with van der Waals surface area (Å²) >= 11 is 0. The van der Waals surface area contributed by atoms with Crippen molar-refractivity contribution in [2.75, 3.05) is 0 Å². The van der Waals surface area contributed by atoms with Crippen LogP contribution in [0.4, 0.5) is 0 Å². The maximum absolute atomic E-state index is 8.97. The van der Waals surface area contributed by atoms with Crippen molar-refractivity contribution in [3.05, 3.63) is 42.0 Å². The molecule has 0 radical (unpaired) electrons. The Hall–Kier alpha value is -1.55. The van der Waals surface area contributed by atoms with Gasteiger partial charge in [-0.25, -0.2) is 0 Å². The smallest absolute Gasteiger partial charge is 0.0659 e. The Bertz CT molecular complexity index is 345. The lowest BCUT2D eigenvalue weighted by Gasteiger charge is -2.03. The summed E-state index contributed by atoms with van der Waals surface area (Å²) in [7, 11) is 0. The van der Waals surface area contributed by atoms with E-state index < -0.39 is 0 Å². The molecule has 0 saturated heterocycles. The van der Waals surface area contributed by atoms with Crippen molar-refractivity contribution in [3.63, 3.8) is 0 Å². The van der Waals surface area contributed by atoms with Gasteiger partial charge in [0.2, 0.25) is 0 Å². The number of nitriles is 1. The molecule has 1 rings (SSSR count). The van der Waals surface area contributed by atoms with Gasteiger partial charge in [-0.3, -0.25) is 0 Å². The number of benzene rings is 1. The normalized spacial score (nSPS) is 12.5. The van der Waals surface area contributed by atoms with Crippen LogP contribution in [0.3, 0.4) is 0 Å². The van der Waals surface area contributed by atoms with E-state index in [9.17, 15) is 0 Å². The Balaban J connectivity index is 2.38. The maximum atomic E-state index is 8.97. The highest BCUT2D eigenvalue weighted by atomic mass is 14.3. The minimum atomic E-state index is 0.180. The highest BCUT2D eigenvalue weighted by Gasteiger charge is 2.03. The van der Waals surface area contributed by atoms with Crippen molar-refractivity contribution in [2.24, 2.45) is 5.92 Å². The predicted octanol–water partition coefficient (Wildman–Crippen LogP) is 4.42.